The predicted octanol–water partition coefficient (Wildman–Crippen LogP) is 4.13. The number of benzene rings is 3. The lowest BCUT2D eigenvalue weighted by Crippen LogP contribution is -2.42. The molecule has 0 aliphatic heterocycles. The van der Waals surface area contributed by atoms with Crippen LogP contribution in [0.4, 0.5) is 5.69 Å². The zero-order valence-corrected chi connectivity index (χ0v) is 16.0. The van der Waals surface area contributed by atoms with Gasteiger partial charge in [0.05, 0.1) is 0 Å². The predicted molar refractivity (Wildman–Crippen MR) is 110 cm³/mol. The van der Waals surface area contributed by atoms with Crippen molar-refractivity contribution >= 4 is 28.3 Å². The van der Waals surface area contributed by atoms with Gasteiger partial charge in [0, 0.05) is 28.9 Å². The molecule has 0 saturated heterocycles. The first kappa shape index (κ1) is 19.0. The van der Waals surface area contributed by atoms with Crippen molar-refractivity contribution in [2.45, 2.75) is 25.7 Å². The molecule has 5 heteroatoms. The van der Waals surface area contributed by atoms with E-state index in [9.17, 15) is 14.7 Å². The van der Waals surface area contributed by atoms with Crippen LogP contribution in [0, 0.1) is 11.8 Å². The highest BCUT2D eigenvalue weighted by Crippen LogP contribution is 2.32. The molecule has 1 fully saturated rings. The molecule has 1 aliphatic rings. The van der Waals surface area contributed by atoms with Crippen LogP contribution >= 0.6 is 0 Å². The Morgan fingerprint density at radius 2 is 1.55 bits per heavy atom. The number of carbonyl (C=O) groups is 2. The normalized spacial score (nSPS) is 18.9. The maximum Gasteiger partial charge on any atom is 0.228 e. The van der Waals surface area contributed by atoms with Gasteiger partial charge >= 0.3 is 0 Å². The van der Waals surface area contributed by atoms with E-state index in [1.807, 2.05) is 42.5 Å². The zero-order chi connectivity index (χ0) is 20.2. The molecule has 3 aromatic carbocycles. The maximum absolute atomic E-state index is 12.6. The number of ether oxygens (including phenoxy) is 1. The number of anilines is 1. The number of rotatable bonds is 5. The molecule has 1 amide bonds. The van der Waals surface area contributed by atoms with Gasteiger partial charge in [-0.05, 0) is 48.6 Å². The quantitative estimate of drug-likeness (QED) is 0.713. The standard InChI is InChI=1S/C24H23NO4/c26-23(20-9-3-4-10-21(20)24(27)28)25-17-12-14-18(15-13-17)29-22-11-5-7-16-6-1-2-8-19(16)22/h1-2,5-8,11-15,20-21H,3-4,9-10H2,(H,25,26)(H,27,28)/p-1/t20-,21-/m0/s1. The molecule has 0 bridgehead atoms. The van der Waals surface area contributed by atoms with Crippen LogP contribution < -0.4 is 15.2 Å². The Kier molecular flexibility index (Phi) is 5.47. The fourth-order valence-electron chi connectivity index (χ4n) is 3.98. The second-order valence-electron chi connectivity index (χ2n) is 7.41. The van der Waals surface area contributed by atoms with Crippen molar-refractivity contribution in [1.29, 1.82) is 0 Å². The number of carboxylic acid groups (broad SMARTS) is 1. The van der Waals surface area contributed by atoms with E-state index < -0.39 is 17.8 Å². The molecule has 1 N–H and O–H groups in total. The summed E-state index contributed by atoms with van der Waals surface area (Å²) in [6, 6.07) is 21.0. The molecule has 0 unspecified atom stereocenters. The summed E-state index contributed by atoms with van der Waals surface area (Å²) < 4.78 is 6.02. The van der Waals surface area contributed by atoms with Gasteiger partial charge in [0.1, 0.15) is 11.5 Å². The largest absolute Gasteiger partial charge is 0.550 e. The lowest BCUT2D eigenvalue weighted by Gasteiger charge is -2.31. The molecular weight excluding hydrogens is 366 g/mol. The number of hydrogen-bond acceptors (Lipinski definition) is 4. The molecule has 29 heavy (non-hydrogen) atoms. The van der Waals surface area contributed by atoms with Crippen LogP contribution in [-0.4, -0.2) is 11.9 Å². The number of nitrogens with one attached hydrogen (secondary N) is 1. The van der Waals surface area contributed by atoms with Gasteiger partial charge in [-0.1, -0.05) is 49.2 Å². The topological polar surface area (TPSA) is 78.5 Å². The fraction of sp³-hybridized carbons (Fsp3) is 0.250. The zero-order valence-electron chi connectivity index (χ0n) is 16.0. The molecule has 0 radical (unpaired) electrons. The molecule has 2 atom stereocenters. The number of amides is 1. The van der Waals surface area contributed by atoms with Crippen molar-refractivity contribution in [3.63, 3.8) is 0 Å². The summed E-state index contributed by atoms with van der Waals surface area (Å²) in [5.74, 6) is -1.23. The van der Waals surface area contributed by atoms with E-state index in [1.165, 1.54) is 0 Å². The highest BCUT2D eigenvalue weighted by atomic mass is 16.5. The van der Waals surface area contributed by atoms with Crippen LogP contribution in [-0.2, 0) is 9.59 Å². The highest BCUT2D eigenvalue weighted by Gasteiger charge is 2.31. The minimum Gasteiger partial charge on any atom is -0.550 e. The summed E-state index contributed by atoms with van der Waals surface area (Å²) in [5.41, 5.74) is 0.614. The second-order valence-corrected chi connectivity index (χ2v) is 7.41. The summed E-state index contributed by atoms with van der Waals surface area (Å²) in [5, 5.41) is 16.3. The molecule has 0 heterocycles. The average molecular weight is 388 g/mol. The Bertz CT molecular complexity index is 1020. The number of carbonyl (C=O) groups excluding carboxylic acids is 2. The Balaban J connectivity index is 1.45. The number of carboxylic acids is 1. The van der Waals surface area contributed by atoms with E-state index in [0.29, 0.717) is 24.3 Å². The Morgan fingerprint density at radius 3 is 2.31 bits per heavy atom. The van der Waals surface area contributed by atoms with Gasteiger partial charge in [-0.2, -0.15) is 0 Å². The molecule has 1 aliphatic carbocycles. The molecular formula is C24H22NO4-. The van der Waals surface area contributed by atoms with Crippen LogP contribution in [0.5, 0.6) is 11.5 Å². The third-order valence-electron chi connectivity index (χ3n) is 5.50. The first-order chi connectivity index (χ1) is 14.1. The van der Waals surface area contributed by atoms with Crippen LogP contribution in [0.1, 0.15) is 25.7 Å². The monoisotopic (exact) mass is 388 g/mol. The van der Waals surface area contributed by atoms with Crippen molar-refractivity contribution in [1.82, 2.24) is 0 Å². The maximum atomic E-state index is 12.6. The van der Waals surface area contributed by atoms with E-state index >= 15 is 0 Å². The van der Waals surface area contributed by atoms with Crippen molar-refractivity contribution in [2.24, 2.45) is 11.8 Å². The van der Waals surface area contributed by atoms with Crippen LogP contribution in [0.3, 0.4) is 0 Å². The molecule has 0 aromatic heterocycles. The third kappa shape index (κ3) is 4.24. The van der Waals surface area contributed by atoms with Crippen molar-refractivity contribution < 1.29 is 19.4 Å². The van der Waals surface area contributed by atoms with Crippen LogP contribution in [0.2, 0.25) is 0 Å². The molecule has 5 nitrogen and oxygen atoms in total. The highest BCUT2D eigenvalue weighted by molar-refractivity contribution is 5.95. The molecule has 1 saturated carbocycles. The van der Waals surface area contributed by atoms with Crippen molar-refractivity contribution in [3.8, 4) is 11.5 Å². The van der Waals surface area contributed by atoms with Gasteiger partial charge in [-0.3, -0.25) is 4.79 Å². The Labute approximate surface area is 169 Å². The first-order valence-electron chi connectivity index (χ1n) is 9.89. The van der Waals surface area contributed by atoms with E-state index in [1.54, 1.807) is 24.3 Å². The number of hydrogen-bond donors (Lipinski definition) is 1. The SMILES string of the molecule is O=C([O-])[C@H]1CCCC[C@@H]1C(=O)Nc1ccc(Oc2cccc3ccccc23)cc1. The van der Waals surface area contributed by atoms with Gasteiger partial charge in [-0.15, -0.1) is 0 Å². The van der Waals surface area contributed by atoms with Crippen LogP contribution in [0.25, 0.3) is 10.8 Å². The van der Waals surface area contributed by atoms with Gasteiger partial charge in [0.15, 0.2) is 0 Å². The number of aliphatic carboxylic acids is 1. The Hall–Kier alpha value is -3.34. The van der Waals surface area contributed by atoms with Gasteiger partial charge in [0.25, 0.3) is 0 Å². The Morgan fingerprint density at radius 1 is 0.862 bits per heavy atom. The molecule has 0 spiro atoms. The molecule has 3 aromatic rings. The summed E-state index contributed by atoms with van der Waals surface area (Å²) in [4.78, 5) is 23.9. The lowest BCUT2D eigenvalue weighted by molar-refractivity contribution is -0.313. The summed E-state index contributed by atoms with van der Waals surface area (Å²) in [6.07, 6.45) is 2.76. The van der Waals surface area contributed by atoms with Crippen molar-refractivity contribution in [3.05, 3.63) is 66.7 Å². The number of fused-ring (bicyclic) bond motifs is 1. The lowest BCUT2D eigenvalue weighted by atomic mass is 9.78. The van der Waals surface area contributed by atoms with Gasteiger partial charge in [0.2, 0.25) is 5.91 Å². The van der Waals surface area contributed by atoms with E-state index in [-0.39, 0.29) is 5.91 Å². The van der Waals surface area contributed by atoms with E-state index in [0.717, 1.165) is 29.4 Å². The van der Waals surface area contributed by atoms with Crippen molar-refractivity contribution in [2.75, 3.05) is 5.32 Å². The fourth-order valence-corrected chi connectivity index (χ4v) is 3.98. The minimum atomic E-state index is -1.14. The third-order valence-corrected chi connectivity index (χ3v) is 5.50. The minimum absolute atomic E-state index is 0.262. The molecule has 148 valence electrons. The van der Waals surface area contributed by atoms with E-state index in [4.69, 9.17) is 4.74 Å². The first-order valence-corrected chi connectivity index (χ1v) is 9.89. The second kappa shape index (κ2) is 8.35. The van der Waals surface area contributed by atoms with Gasteiger partial charge < -0.3 is 20.0 Å². The van der Waals surface area contributed by atoms with E-state index in [2.05, 4.69) is 5.32 Å². The smallest absolute Gasteiger partial charge is 0.228 e. The molecule has 4 rings (SSSR count). The summed E-state index contributed by atoms with van der Waals surface area (Å²) in [6.45, 7) is 0. The summed E-state index contributed by atoms with van der Waals surface area (Å²) in [7, 11) is 0. The van der Waals surface area contributed by atoms with Gasteiger partial charge in [-0.25, -0.2) is 0 Å². The summed E-state index contributed by atoms with van der Waals surface area (Å²) >= 11 is 0. The van der Waals surface area contributed by atoms with Crippen LogP contribution in [0.15, 0.2) is 66.7 Å². The average Bonchev–Trinajstić information content (AvgIpc) is 2.75.